The number of carbonyl (C=O) groups excluding carboxylic acids is 3. The molecule has 2 amide bonds. The van der Waals surface area contributed by atoms with E-state index in [0.29, 0.717) is 9.87 Å². The molecule has 0 bridgehead atoms. The Kier molecular flexibility index (Phi) is 10.2. The summed E-state index contributed by atoms with van der Waals surface area (Å²) in [5.74, 6) is -2.29. The molecule has 44 heavy (non-hydrogen) atoms. The number of hydrogen-bond donors (Lipinski definition) is 0. The molecular formula is C29H34N4O9S2. The van der Waals surface area contributed by atoms with E-state index in [2.05, 4.69) is 9.97 Å². The molecule has 1 atom stereocenters. The molecular weight excluding hydrogens is 612 g/mol. The van der Waals surface area contributed by atoms with Crippen LogP contribution < -0.4 is 4.74 Å². The van der Waals surface area contributed by atoms with E-state index in [1.54, 1.807) is 27.7 Å². The summed E-state index contributed by atoms with van der Waals surface area (Å²) in [7, 11) is -5.98. The molecule has 236 valence electrons. The molecule has 3 aromatic rings. The van der Waals surface area contributed by atoms with Gasteiger partial charge in [0.2, 0.25) is 0 Å². The van der Waals surface area contributed by atoms with Gasteiger partial charge in [-0.2, -0.15) is 0 Å². The van der Waals surface area contributed by atoms with Crippen LogP contribution in [-0.4, -0.2) is 86.0 Å². The molecule has 0 aliphatic heterocycles. The summed E-state index contributed by atoms with van der Waals surface area (Å²) in [6.07, 6.45) is 1.86. The van der Waals surface area contributed by atoms with E-state index >= 15 is 0 Å². The molecule has 0 fully saturated rings. The van der Waals surface area contributed by atoms with Gasteiger partial charge in [0.15, 0.2) is 20.6 Å². The number of sulfone groups is 1. The first kappa shape index (κ1) is 34.1. The quantitative estimate of drug-likeness (QED) is 0.313. The lowest BCUT2D eigenvalue weighted by atomic mass is 10.0. The highest BCUT2D eigenvalue weighted by atomic mass is 32.2. The van der Waals surface area contributed by atoms with Crippen LogP contribution in [0.25, 0.3) is 0 Å². The Morgan fingerprint density at radius 2 is 1.45 bits per heavy atom. The highest BCUT2D eigenvalue weighted by Crippen LogP contribution is 2.27. The van der Waals surface area contributed by atoms with Crippen molar-refractivity contribution in [3.05, 3.63) is 77.7 Å². The number of nitrogens with zero attached hydrogens (tertiary/aromatic N) is 4. The second-order valence-corrected chi connectivity index (χ2v) is 14.8. The Bertz CT molecular complexity index is 1750. The third kappa shape index (κ3) is 8.38. The van der Waals surface area contributed by atoms with Gasteiger partial charge in [0.05, 0.1) is 4.90 Å². The molecule has 0 aliphatic carbocycles. The SMILES string of the molecule is Cc1ccc(S(=O)(=O)N(C(=O)c2nccnc2S(C)(=O)=O)[C@@H](Cc2ccc(OC(=O)N(C)C)cc2)C(=O)OC(C)(C)C)cc1. The normalized spacial score (nSPS) is 12.6. The van der Waals surface area contributed by atoms with Gasteiger partial charge >= 0.3 is 12.1 Å². The maximum absolute atomic E-state index is 14.2. The van der Waals surface area contributed by atoms with Gasteiger partial charge in [0, 0.05) is 39.2 Å². The molecule has 1 aromatic heterocycles. The van der Waals surface area contributed by atoms with Crippen LogP contribution in [0.2, 0.25) is 0 Å². The van der Waals surface area contributed by atoms with Crippen LogP contribution in [0.15, 0.2) is 70.8 Å². The molecule has 3 rings (SSSR count). The highest BCUT2D eigenvalue weighted by Gasteiger charge is 2.44. The number of sulfonamides is 1. The summed E-state index contributed by atoms with van der Waals surface area (Å²) in [6.45, 7) is 6.45. The number of esters is 1. The molecule has 0 spiro atoms. The Morgan fingerprint density at radius 3 is 1.98 bits per heavy atom. The van der Waals surface area contributed by atoms with Crippen molar-refractivity contribution >= 4 is 37.8 Å². The maximum Gasteiger partial charge on any atom is 0.414 e. The summed E-state index contributed by atoms with van der Waals surface area (Å²) in [4.78, 5) is 48.3. The first-order valence-electron chi connectivity index (χ1n) is 13.2. The number of aryl methyl sites for hydroxylation is 1. The third-order valence-corrected chi connectivity index (χ3v) is 8.69. The third-order valence-electron chi connectivity index (χ3n) is 5.88. The highest BCUT2D eigenvalue weighted by molar-refractivity contribution is 7.91. The summed E-state index contributed by atoms with van der Waals surface area (Å²) >= 11 is 0. The lowest BCUT2D eigenvalue weighted by Gasteiger charge is -2.32. The number of hydrogen-bond acceptors (Lipinski definition) is 11. The van der Waals surface area contributed by atoms with Crippen molar-refractivity contribution in [2.75, 3.05) is 20.4 Å². The second-order valence-electron chi connectivity index (χ2n) is 11.1. The molecule has 0 unspecified atom stereocenters. The van der Waals surface area contributed by atoms with Gasteiger partial charge in [-0.25, -0.2) is 40.7 Å². The average Bonchev–Trinajstić information content (AvgIpc) is 2.92. The lowest BCUT2D eigenvalue weighted by Crippen LogP contribution is -2.52. The number of aromatic nitrogens is 2. The fourth-order valence-corrected chi connectivity index (χ4v) is 6.08. The van der Waals surface area contributed by atoms with Gasteiger partial charge in [-0.3, -0.25) is 4.79 Å². The van der Waals surface area contributed by atoms with Gasteiger partial charge in [0.25, 0.3) is 15.9 Å². The van der Waals surface area contributed by atoms with Gasteiger partial charge in [-0.05, 0) is 57.5 Å². The number of benzene rings is 2. The number of carbonyl (C=O) groups is 3. The van der Waals surface area contributed by atoms with Crippen molar-refractivity contribution in [2.24, 2.45) is 0 Å². The standard InChI is InChI=1S/C29H34N4O9S2/c1-19-8-14-22(15-9-19)44(39,40)33(26(34)24-25(43(7,37)38)31-17-16-30-24)23(27(35)42-29(2,3)4)18-20-10-12-21(13-11-20)41-28(36)32(5)6/h8-17,23H,18H2,1-7H3/t23-/m0/s1. The number of rotatable bonds is 9. The Morgan fingerprint density at radius 1 is 0.886 bits per heavy atom. The monoisotopic (exact) mass is 646 g/mol. The van der Waals surface area contributed by atoms with Crippen molar-refractivity contribution in [3.63, 3.8) is 0 Å². The summed E-state index contributed by atoms with van der Waals surface area (Å²) in [5.41, 5.74) is -0.782. The first-order chi connectivity index (χ1) is 20.3. The van der Waals surface area contributed by atoms with Crippen molar-refractivity contribution in [2.45, 2.75) is 55.7 Å². The predicted octanol–water partition coefficient (Wildman–Crippen LogP) is 3.03. The smallest absolute Gasteiger partial charge is 0.414 e. The topological polar surface area (TPSA) is 170 Å². The summed E-state index contributed by atoms with van der Waals surface area (Å²) in [6, 6.07) is 9.58. The zero-order valence-corrected chi connectivity index (χ0v) is 27.0. The van der Waals surface area contributed by atoms with E-state index in [0.717, 1.165) is 24.2 Å². The van der Waals surface area contributed by atoms with Crippen molar-refractivity contribution in [1.82, 2.24) is 19.2 Å². The minimum Gasteiger partial charge on any atom is -0.458 e. The summed E-state index contributed by atoms with van der Waals surface area (Å²) < 4.78 is 64.5. The van der Waals surface area contributed by atoms with Crippen LogP contribution in [0.1, 0.15) is 42.4 Å². The van der Waals surface area contributed by atoms with Crippen LogP contribution in [0.5, 0.6) is 5.75 Å². The molecule has 0 aliphatic rings. The minimum atomic E-state index is -4.84. The molecule has 1 heterocycles. The van der Waals surface area contributed by atoms with E-state index < -0.39 is 60.2 Å². The zero-order chi connectivity index (χ0) is 33.0. The molecule has 0 saturated carbocycles. The molecule has 0 saturated heterocycles. The Hall–Kier alpha value is -4.37. The first-order valence-corrected chi connectivity index (χ1v) is 16.5. The predicted molar refractivity (Wildman–Crippen MR) is 159 cm³/mol. The van der Waals surface area contributed by atoms with Gasteiger partial charge < -0.3 is 14.4 Å². The Labute approximate surface area is 256 Å². The minimum absolute atomic E-state index is 0.179. The van der Waals surface area contributed by atoms with Crippen molar-refractivity contribution in [3.8, 4) is 5.75 Å². The van der Waals surface area contributed by atoms with Crippen molar-refractivity contribution < 1.29 is 40.7 Å². The van der Waals surface area contributed by atoms with Crippen molar-refractivity contribution in [1.29, 1.82) is 0 Å². The average molecular weight is 647 g/mol. The van der Waals surface area contributed by atoms with Crippen LogP contribution in [0, 0.1) is 6.92 Å². The molecule has 0 N–H and O–H groups in total. The molecule has 15 heteroatoms. The summed E-state index contributed by atoms with van der Waals surface area (Å²) in [5, 5.41) is -0.760. The fourth-order valence-electron chi connectivity index (χ4n) is 3.83. The van der Waals surface area contributed by atoms with E-state index in [1.807, 2.05) is 0 Å². The van der Waals surface area contributed by atoms with E-state index in [-0.39, 0.29) is 17.1 Å². The second kappa shape index (κ2) is 13.1. The van der Waals surface area contributed by atoms with E-state index in [9.17, 15) is 31.2 Å². The van der Waals surface area contributed by atoms with Gasteiger partial charge in [-0.1, -0.05) is 29.8 Å². The van der Waals surface area contributed by atoms with E-state index in [1.165, 1.54) is 67.5 Å². The molecule has 13 nitrogen and oxygen atoms in total. The van der Waals surface area contributed by atoms with Gasteiger partial charge in [0.1, 0.15) is 17.4 Å². The maximum atomic E-state index is 14.2. The van der Waals surface area contributed by atoms with Gasteiger partial charge in [-0.15, -0.1) is 0 Å². The van der Waals surface area contributed by atoms with Crippen LogP contribution in [0.4, 0.5) is 4.79 Å². The van der Waals surface area contributed by atoms with Crippen LogP contribution >= 0.6 is 0 Å². The number of amides is 2. The fraction of sp³-hybridized carbons (Fsp3) is 0.345. The van der Waals surface area contributed by atoms with E-state index in [4.69, 9.17) is 9.47 Å². The zero-order valence-electron chi connectivity index (χ0n) is 25.3. The lowest BCUT2D eigenvalue weighted by molar-refractivity contribution is -0.159. The number of ether oxygens (including phenoxy) is 2. The Balaban J connectivity index is 2.23. The molecule has 0 radical (unpaired) electrons. The van der Waals surface area contributed by atoms with Crippen LogP contribution in [0.3, 0.4) is 0 Å². The molecule has 2 aromatic carbocycles. The van der Waals surface area contributed by atoms with Crippen LogP contribution in [-0.2, 0) is 35.8 Å². The largest absolute Gasteiger partial charge is 0.458 e.